The Balaban J connectivity index is 1.74. The molecule has 0 atom stereocenters. The highest BCUT2D eigenvalue weighted by molar-refractivity contribution is 7.15. The molecule has 6 nitrogen and oxygen atoms in total. The molecule has 1 N–H and O–H groups in total. The average molecular weight is 415 g/mol. The molecule has 7 heteroatoms. The van der Waals surface area contributed by atoms with Crippen LogP contribution in [0.25, 0.3) is 0 Å². The van der Waals surface area contributed by atoms with Crippen molar-refractivity contribution >= 4 is 28.3 Å². The predicted octanol–water partition coefficient (Wildman–Crippen LogP) is 3.01. The summed E-state index contributed by atoms with van der Waals surface area (Å²) in [6.45, 7) is 4.70. The minimum atomic E-state index is -0.0744. The number of hydrogen-bond acceptors (Lipinski definition) is 5. The van der Waals surface area contributed by atoms with Crippen LogP contribution < -0.4 is 10.2 Å². The summed E-state index contributed by atoms with van der Waals surface area (Å²) in [6.07, 6.45) is 4.40. The molecule has 0 radical (unpaired) electrons. The quantitative estimate of drug-likeness (QED) is 0.721. The van der Waals surface area contributed by atoms with E-state index in [1.165, 1.54) is 11.3 Å². The van der Waals surface area contributed by atoms with Crippen molar-refractivity contribution in [2.24, 2.45) is 0 Å². The van der Waals surface area contributed by atoms with Gasteiger partial charge in [0, 0.05) is 10.9 Å². The van der Waals surface area contributed by atoms with E-state index in [4.69, 9.17) is 4.98 Å². The highest BCUT2D eigenvalue weighted by Gasteiger charge is 2.24. The van der Waals surface area contributed by atoms with Crippen LogP contribution >= 0.6 is 11.3 Å². The van der Waals surface area contributed by atoms with Crippen LogP contribution in [-0.2, 0) is 29.0 Å². The van der Waals surface area contributed by atoms with Gasteiger partial charge in [-0.25, -0.2) is 4.98 Å². The number of likely N-dealkylation sites (N-methyl/N-ethyl adjacent to an activating group) is 1. The fourth-order valence-electron chi connectivity index (χ4n) is 3.47. The van der Waals surface area contributed by atoms with Crippen molar-refractivity contribution in [2.45, 2.75) is 52.1 Å². The number of nitrogens with one attached hydrogen (secondary N) is 1. The molecule has 1 aliphatic carbocycles. The standard InChI is InChI=1S/C22H30N4O2S/c1-16(2)23-20(27)14-25(3)15-21(28)26(13-17-9-5-4-6-10-17)22-24-18-11-7-8-12-19(18)29-22/h4-6,9-10,16H,7-8,11-15H2,1-3H3,(H,23,27). The summed E-state index contributed by atoms with van der Waals surface area (Å²) in [5, 5.41) is 3.63. The third kappa shape index (κ3) is 6.11. The van der Waals surface area contributed by atoms with E-state index in [0.29, 0.717) is 6.54 Å². The topological polar surface area (TPSA) is 65.5 Å². The molecule has 0 aliphatic heterocycles. The number of amides is 2. The highest BCUT2D eigenvalue weighted by Crippen LogP contribution is 2.32. The Bertz CT molecular complexity index is 811. The summed E-state index contributed by atoms with van der Waals surface area (Å²) < 4.78 is 0. The lowest BCUT2D eigenvalue weighted by atomic mass is 10.0. The fourth-order valence-corrected chi connectivity index (χ4v) is 4.63. The van der Waals surface area contributed by atoms with Crippen molar-refractivity contribution in [1.82, 2.24) is 15.2 Å². The number of carbonyl (C=O) groups excluding carboxylic acids is 2. The Hall–Kier alpha value is -2.25. The summed E-state index contributed by atoms with van der Waals surface area (Å²) in [6, 6.07) is 10.1. The monoisotopic (exact) mass is 414 g/mol. The molecule has 0 bridgehead atoms. The molecule has 0 spiro atoms. The third-order valence-electron chi connectivity index (χ3n) is 4.82. The summed E-state index contributed by atoms with van der Waals surface area (Å²) in [7, 11) is 1.80. The molecule has 3 rings (SSSR count). The number of aryl methyl sites for hydroxylation is 2. The first-order valence-corrected chi connectivity index (χ1v) is 11.0. The van der Waals surface area contributed by atoms with Crippen LogP contribution in [0, 0.1) is 0 Å². The largest absolute Gasteiger partial charge is 0.353 e. The number of benzene rings is 1. The predicted molar refractivity (Wildman–Crippen MR) is 117 cm³/mol. The maximum Gasteiger partial charge on any atom is 0.243 e. The first kappa shape index (κ1) is 21.5. The van der Waals surface area contributed by atoms with Gasteiger partial charge < -0.3 is 5.32 Å². The molecular formula is C22H30N4O2S. The number of anilines is 1. The Labute approximate surface area is 176 Å². The molecule has 0 saturated heterocycles. The lowest BCUT2D eigenvalue weighted by Crippen LogP contribution is -2.43. The van der Waals surface area contributed by atoms with Gasteiger partial charge >= 0.3 is 0 Å². The Morgan fingerprint density at radius 2 is 1.86 bits per heavy atom. The number of hydrogen-bond donors (Lipinski definition) is 1. The molecule has 0 fully saturated rings. The molecule has 0 saturated carbocycles. The number of fused-ring (bicyclic) bond motifs is 1. The van der Waals surface area contributed by atoms with E-state index >= 15 is 0 Å². The lowest BCUT2D eigenvalue weighted by Gasteiger charge is -2.23. The van der Waals surface area contributed by atoms with E-state index in [-0.39, 0.29) is 30.9 Å². The second kappa shape index (κ2) is 9.98. The second-order valence-electron chi connectivity index (χ2n) is 7.93. The second-order valence-corrected chi connectivity index (χ2v) is 9.00. The first-order valence-electron chi connectivity index (χ1n) is 10.2. The van der Waals surface area contributed by atoms with Gasteiger partial charge in [-0.3, -0.25) is 19.4 Å². The number of thiazole rings is 1. The van der Waals surface area contributed by atoms with Gasteiger partial charge in [0.15, 0.2) is 5.13 Å². The third-order valence-corrected chi connectivity index (χ3v) is 6.00. The summed E-state index contributed by atoms with van der Waals surface area (Å²) in [5.74, 6) is -0.116. The first-order chi connectivity index (χ1) is 13.9. The zero-order valence-corrected chi connectivity index (χ0v) is 18.3. The maximum absolute atomic E-state index is 13.2. The van der Waals surface area contributed by atoms with Crippen molar-refractivity contribution < 1.29 is 9.59 Å². The SMILES string of the molecule is CC(C)NC(=O)CN(C)CC(=O)N(Cc1ccccc1)c1nc2c(s1)CCCC2. The minimum absolute atomic E-state index is 0.0419. The van der Waals surface area contributed by atoms with Crippen LogP contribution in [0.15, 0.2) is 30.3 Å². The molecule has 156 valence electrons. The molecular weight excluding hydrogens is 384 g/mol. The number of rotatable bonds is 8. The Morgan fingerprint density at radius 3 is 2.55 bits per heavy atom. The molecule has 29 heavy (non-hydrogen) atoms. The van der Waals surface area contributed by atoms with Crippen LogP contribution in [0.3, 0.4) is 0 Å². The van der Waals surface area contributed by atoms with Crippen molar-refractivity contribution in [2.75, 3.05) is 25.0 Å². The molecule has 2 amide bonds. The fraction of sp³-hybridized carbons (Fsp3) is 0.500. The van der Waals surface area contributed by atoms with E-state index in [9.17, 15) is 9.59 Å². The molecule has 1 aromatic carbocycles. The van der Waals surface area contributed by atoms with Crippen molar-refractivity contribution in [3.63, 3.8) is 0 Å². The van der Waals surface area contributed by atoms with Crippen LogP contribution in [0.5, 0.6) is 0 Å². The van der Waals surface area contributed by atoms with Gasteiger partial charge in [0.05, 0.1) is 25.3 Å². The summed E-state index contributed by atoms with van der Waals surface area (Å²) in [5.41, 5.74) is 2.21. The van der Waals surface area contributed by atoms with Gasteiger partial charge in [-0.05, 0) is 52.1 Å². The number of nitrogens with zero attached hydrogens (tertiary/aromatic N) is 3. The van der Waals surface area contributed by atoms with Gasteiger partial charge in [0.1, 0.15) is 0 Å². The number of carbonyl (C=O) groups is 2. The van der Waals surface area contributed by atoms with Gasteiger partial charge in [-0.2, -0.15) is 0 Å². The Morgan fingerprint density at radius 1 is 1.14 bits per heavy atom. The van der Waals surface area contributed by atoms with Crippen molar-refractivity contribution in [3.05, 3.63) is 46.5 Å². The average Bonchev–Trinajstić information content (AvgIpc) is 3.09. The zero-order valence-electron chi connectivity index (χ0n) is 17.5. The van der Waals surface area contributed by atoms with E-state index in [1.54, 1.807) is 28.2 Å². The van der Waals surface area contributed by atoms with E-state index in [2.05, 4.69) is 5.32 Å². The molecule has 1 aliphatic rings. The van der Waals surface area contributed by atoms with Gasteiger partial charge in [-0.1, -0.05) is 30.3 Å². The Kier molecular flexibility index (Phi) is 7.39. The van der Waals surface area contributed by atoms with Crippen LogP contribution in [0.1, 0.15) is 42.8 Å². The van der Waals surface area contributed by atoms with E-state index < -0.39 is 0 Å². The molecule has 1 aromatic heterocycles. The zero-order chi connectivity index (χ0) is 20.8. The van der Waals surface area contributed by atoms with Crippen LogP contribution in [0.2, 0.25) is 0 Å². The van der Waals surface area contributed by atoms with Gasteiger partial charge in [0.2, 0.25) is 11.8 Å². The van der Waals surface area contributed by atoms with Gasteiger partial charge in [-0.15, -0.1) is 11.3 Å². The molecule has 0 unspecified atom stereocenters. The van der Waals surface area contributed by atoms with Crippen molar-refractivity contribution in [3.8, 4) is 0 Å². The number of aromatic nitrogens is 1. The van der Waals surface area contributed by atoms with E-state index in [0.717, 1.165) is 35.7 Å². The smallest absolute Gasteiger partial charge is 0.243 e. The van der Waals surface area contributed by atoms with Crippen LogP contribution in [0.4, 0.5) is 5.13 Å². The normalized spacial score (nSPS) is 13.4. The highest BCUT2D eigenvalue weighted by atomic mass is 32.1. The summed E-state index contributed by atoms with van der Waals surface area (Å²) in [4.78, 5) is 34.9. The van der Waals surface area contributed by atoms with Crippen LogP contribution in [-0.4, -0.2) is 47.9 Å². The van der Waals surface area contributed by atoms with E-state index in [1.807, 2.05) is 44.2 Å². The minimum Gasteiger partial charge on any atom is -0.353 e. The maximum atomic E-state index is 13.2. The lowest BCUT2D eigenvalue weighted by molar-refractivity contribution is -0.123. The van der Waals surface area contributed by atoms with Crippen molar-refractivity contribution in [1.29, 1.82) is 0 Å². The van der Waals surface area contributed by atoms with Gasteiger partial charge in [0.25, 0.3) is 0 Å². The molecule has 2 aromatic rings. The summed E-state index contributed by atoms with van der Waals surface area (Å²) >= 11 is 1.64. The molecule has 1 heterocycles.